The van der Waals surface area contributed by atoms with Crippen molar-refractivity contribution in [2.75, 3.05) is 11.9 Å². The van der Waals surface area contributed by atoms with Gasteiger partial charge in [0.15, 0.2) is 0 Å². The summed E-state index contributed by atoms with van der Waals surface area (Å²) in [6.07, 6.45) is 12.8. The van der Waals surface area contributed by atoms with E-state index >= 15 is 0 Å². The molecule has 1 amide bonds. The maximum Gasteiger partial charge on any atom is 0.252 e. The number of hydrogen-bond donors (Lipinski definition) is 2. The number of aromatic nitrogens is 1. The van der Waals surface area contributed by atoms with Crippen LogP contribution in [0.5, 0.6) is 0 Å². The lowest BCUT2D eigenvalue weighted by atomic mass is 9.95. The fraction of sp³-hybridized carbons (Fsp3) is 0.579. The highest BCUT2D eigenvalue weighted by Crippen LogP contribution is 2.38. The third-order valence-electron chi connectivity index (χ3n) is 5.77. The number of primary amides is 1. The molecular weight excluding hydrogens is 300 g/mol. The average molecular weight is 326 g/mol. The smallest absolute Gasteiger partial charge is 0.252 e. The predicted octanol–water partition coefficient (Wildman–Crippen LogP) is 2.57. The van der Waals surface area contributed by atoms with Gasteiger partial charge in [0.25, 0.3) is 5.91 Å². The van der Waals surface area contributed by atoms with E-state index in [-0.39, 0.29) is 0 Å². The first-order valence-corrected chi connectivity index (χ1v) is 9.17. The number of piperidine rings is 1. The lowest BCUT2D eigenvalue weighted by molar-refractivity contribution is 0.100. The molecule has 0 radical (unpaired) electrons. The van der Waals surface area contributed by atoms with Crippen LogP contribution in [0.4, 0.5) is 5.69 Å². The molecule has 0 unspecified atom stereocenters. The Labute approximate surface area is 143 Å². The second-order valence-corrected chi connectivity index (χ2v) is 7.31. The van der Waals surface area contributed by atoms with E-state index in [4.69, 9.17) is 5.73 Å². The van der Waals surface area contributed by atoms with E-state index in [1.165, 1.54) is 25.8 Å². The van der Waals surface area contributed by atoms with E-state index in [0.29, 0.717) is 23.7 Å². The maximum atomic E-state index is 11.9. The third kappa shape index (κ3) is 2.61. The molecule has 1 aromatic heterocycles. The van der Waals surface area contributed by atoms with Gasteiger partial charge in [-0.2, -0.15) is 0 Å². The molecule has 2 aliphatic heterocycles. The molecule has 0 saturated carbocycles. The molecule has 2 atom stereocenters. The Hall–Kier alpha value is -1.88. The molecule has 0 spiro atoms. The van der Waals surface area contributed by atoms with Gasteiger partial charge in [-0.15, -0.1) is 0 Å². The Kier molecular flexibility index (Phi) is 4.04. The number of anilines is 1. The summed E-state index contributed by atoms with van der Waals surface area (Å²) in [4.78, 5) is 19.0. The van der Waals surface area contributed by atoms with E-state index in [0.717, 1.165) is 36.2 Å². The lowest BCUT2D eigenvalue weighted by Gasteiger charge is -2.39. The minimum Gasteiger partial charge on any atom is -0.381 e. The largest absolute Gasteiger partial charge is 0.381 e. The monoisotopic (exact) mass is 326 g/mol. The van der Waals surface area contributed by atoms with E-state index in [1.807, 2.05) is 0 Å². The fourth-order valence-electron chi connectivity index (χ4n) is 4.76. The summed E-state index contributed by atoms with van der Waals surface area (Å²) in [6.45, 7) is 3.47. The number of carbonyl (C=O) groups excluding carboxylic acids is 1. The molecule has 2 fully saturated rings. The molecule has 5 heteroatoms. The van der Waals surface area contributed by atoms with Crippen molar-refractivity contribution in [2.24, 2.45) is 5.73 Å². The quantitative estimate of drug-likeness (QED) is 0.872. The van der Waals surface area contributed by atoms with Gasteiger partial charge in [-0.25, -0.2) is 0 Å². The molecular formula is C19H26N4O. The first-order chi connectivity index (χ1) is 11.7. The molecule has 4 rings (SSSR count). The predicted molar refractivity (Wildman–Crippen MR) is 95.9 cm³/mol. The van der Waals surface area contributed by atoms with Crippen molar-refractivity contribution in [3.63, 3.8) is 0 Å². The summed E-state index contributed by atoms with van der Waals surface area (Å²) < 4.78 is 0. The number of carbonyl (C=O) groups is 1. The van der Waals surface area contributed by atoms with E-state index in [9.17, 15) is 4.79 Å². The molecule has 3 N–H and O–H groups in total. The molecule has 24 heavy (non-hydrogen) atoms. The van der Waals surface area contributed by atoms with Crippen LogP contribution in [-0.4, -0.2) is 40.5 Å². The zero-order valence-electron chi connectivity index (χ0n) is 14.3. The Balaban J connectivity index is 1.58. The van der Waals surface area contributed by atoms with Crippen LogP contribution in [0, 0.1) is 0 Å². The third-order valence-corrected chi connectivity index (χ3v) is 5.77. The topological polar surface area (TPSA) is 71.2 Å². The minimum absolute atomic E-state index is 0.403. The second kappa shape index (κ2) is 6.20. The minimum atomic E-state index is -0.403. The van der Waals surface area contributed by atoms with Gasteiger partial charge in [-0.05, 0) is 38.6 Å². The molecule has 3 aliphatic rings. The van der Waals surface area contributed by atoms with Crippen LogP contribution in [0.3, 0.4) is 0 Å². The van der Waals surface area contributed by atoms with Gasteiger partial charge in [-0.3, -0.25) is 14.7 Å². The number of hydrogen-bond acceptors (Lipinski definition) is 4. The van der Waals surface area contributed by atoms with Crippen molar-refractivity contribution in [2.45, 2.75) is 63.6 Å². The van der Waals surface area contributed by atoms with Gasteiger partial charge in [0.05, 0.1) is 16.9 Å². The average Bonchev–Trinajstić information content (AvgIpc) is 3.11. The Morgan fingerprint density at radius 3 is 2.79 bits per heavy atom. The van der Waals surface area contributed by atoms with Crippen molar-refractivity contribution in [1.29, 1.82) is 0 Å². The molecule has 0 aromatic carbocycles. The number of nitrogens with two attached hydrogens (primary N) is 1. The van der Waals surface area contributed by atoms with Crippen LogP contribution in [0.15, 0.2) is 12.3 Å². The molecule has 3 heterocycles. The number of pyridine rings is 1. The molecule has 2 saturated heterocycles. The molecule has 1 aliphatic carbocycles. The van der Waals surface area contributed by atoms with Gasteiger partial charge >= 0.3 is 0 Å². The molecule has 128 valence electrons. The van der Waals surface area contributed by atoms with E-state index in [1.54, 1.807) is 6.20 Å². The Bertz CT molecular complexity index is 670. The van der Waals surface area contributed by atoms with Crippen LogP contribution in [-0.2, 0) is 6.42 Å². The fourth-order valence-corrected chi connectivity index (χ4v) is 4.76. The first kappa shape index (κ1) is 15.6. The number of rotatable bonds is 5. The van der Waals surface area contributed by atoms with Gasteiger partial charge in [0.2, 0.25) is 0 Å². The highest BCUT2D eigenvalue weighted by atomic mass is 16.1. The van der Waals surface area contributed by atoms with Crippen molar-refractivity contribution in [3.05, 3.63) is 29.1 Å². The zero-order valence-corrected chi connectivity index (χ0v) is 14.3. The Morgan fingerprint density at radius 2 is 2.12 bits per heavy atom. The Morgan fingerprint density at radius 1 is 1.38 bits per heavy atom. The first-order valence-electron chi connectivity index (χ1n) is 9.17. The summed E-state index contributed by atoms with van der Waals surface area (Å²) in [5.74, 6) is -0.403. The van der Waals surface area contributed by atoms with Crippen LogP contribution in [0.1, 0.15) is 60.6 Å². The van der Waals surface area contributed by atoms with E-state index in [2.05, 4.69) is 34.3 Å². The van der Waals surface area contributed by atoms with Crippen LogP contribution in [0.2, 0.25) is 0 Å². The van der Waals surface area contributed by atoms with Crippen molar-refractivity contribution in [1.82, 2.24) is 9.88 Å². The number of nitrogens with one attached hydrogen (secondary N) is 1. The van der Waals surface area contributed by atoms with Gasteiger partial charge < -0.3 is 11.1 Å². The van der Waals surface area contributed by atoms with Gasteiger partial charge in [0.1, 0.15) is 0 Å². The standard InChI is InChI=1S/C19H26N4O/c1-2-8-23-13-6-7-14(23)10-12(9-13)22-18-15-4-3-5-17(15)21-11-16(18)19(20)24/h3-4,11-14H,2,5-10H2,1H3,(H2,20,24)(H,21,22)/t13-,14-/m0/s1. The number of amides is 1. The van der Waals surface area contributed by atoms with Gasteiger partial charge in [0, 0.05) is 36.3 Å². The SMILES string of the molecule is CCCN1[C@H]2CC[C@H]1CC(Nc1c(C(N)=O)cnc3c1C=CC3)C2. The highest BCUT2D eigenvalue weighted by molar-refractivity contribution is 6.00. The molecule has 1 aromatic rings. The van der Waals surface area contributed by atoms with E-state index < -0.39 is 5.91 Å². The summed E-state index contributed by atoms with van der Waals surface area (Å²) >= 11 is 0. The van der Waals surface area contributed by atoms with Crippen molar-refractivity contribution < 1.29 is 4.79 Å². The summed E-state index contributed by atoms with van der Waals surface area (Å²) in [5.41, 5.74) is 9.09. The van der Waals surface area contributed by atoms with Crippen molar-refractivity contribution >= 4 is 17.7 Å². The normalized spacial score (nSPS) is 28.1. The lowest BCUT2D eigenvalue weighted by Crippen LogP contribution is -2.47. The highest BCUT2D eigenvalue weighted by Gasteiger charge is 2.40. The number of nitrogens with zero attached hydrogens (tertiary/aromatic N) is 2. The van der Waals surface area contributed by atoms with Crippen LogP contribution < -0.4 is 11.1 Å². The van der Waals surface area contributed by atoms with Gasteiger partial charge in [-0.1, -0.05) is 19.1 Å². The number of allylic oxidation sites excluding steroid dienone is 1. The summed E-state index contributed by atoms with van der Waals surface area (Å²) in [5, 5.41) is 3.68. The second-order valence-electron chi connectivity index (χ2n) is 7.31. The van der Waals surface area contributed by atoms with Crippen LogP contribution >= 0.6 is 0 Å². The zero-order chi connectivity index (χ0) is 16.7. The summed E-state index contributed by atoms with van der Waals surface area (Å²) in [7, 11) is 0. The maximum absolute atomic E-state index is 11.9. The van der Waals surface area contributed by atoms with Crippen LogP contribution in [0.25, 0.3) is 6.08 Å². The number of fused-ring (bicyclic) bond motifs is 3. The summed E-state index contributed by atoms with van der Waals surface area (Å²) in [6, 6.07) is 1.78. The molecule has 5 nitrogen and oxygen atoms in total. The molecule has 2 bridgehead atoms. The van der Waals surface area contributed by atoms with Crippen molar-refractivity contribution in [3.8, 4) is 0 Å².